The summed E-state index contributed by atoms with van der Waals surface area (Å²) in [6.07, 6.45) is 0.738. The molecule has 19 heavy (non-hydrogen) atoms. The highest BCUT2D eigenvalue weighted by Crippen LogP contribution is 2.21. The summed E-state index contributed by atoms with van der Waals surface area (Å²) in [7, 11) is 0. The number of hydrogen-bond acceptors (Lipinski definition) is 2. The molecule has 2 rings (SSSR count). The van der Waals surface area contributed by atoms with Gasteiger partial charge in [0, 0.05) is 12.2 Å². The fourth-order valence-corrected chi connectivity index (χ4v) is 1.83. The number of rotatable bonds is 5. The van der Waals surface area contributed by atoms with Gasteiger partial charge in [0.2, 0.25) is 0 Å². The van der Waals surface area contributed by atoms with Gasteiger partial charge in [-0.15, -0.1) is 0 Å². The Morgan fingerprint density at radius 3 is 2.11 bits per heavy atom. The minimum atomic E-state index is -0.655. The first-order valence-corrected chi connectivity index (χ1v) is 6.72. The Kier molecular flexibility index (Phi) is 4.23. The Labute approximate surface area is 115 Å². The van der Waals surface area contributed by atoms with Crippen LogP contribution in [0, 0.1) is 0 Å². The van der Waals surface area contributed by atoms with E-state index in [1.54, 1.807) is 0 Å². The van der Waals surface area contributed by atoms with Crippen LogP contribution in [0.3, 0.4) is 0 Å². The topological polar surface area (TPSA) is 32.3 Å². The van der Waals surface area contributed by atoms with Gasteiger partial charge in [-0.25, -0.2) is 0 Å². The third-order valence-electron chi connectivity index (χ3n) is 3.43. The average Bonchev–Trinajstić information content (AvgIpc) is 2.47. The second-order valence-electron chi connectivity index (χ2n) is 5.15. The fraction of sp³-hybridized carbons (Fsp3) is 0.294. The molecule has 0 amide bonds. The molecule has 2 N–H and O–H groups in total. The van der Waals surface area contributed by atoms with Crippen molar-refractivity contribution in [2.24, 2.45) is 0 Å². The van der Waals surface area contributed by atoms with E-state index in [0.717, 1.165) is 12.1 Å². The van der Waals surface area contributed by atoms with Crippen LogP contribution in [-0.2, 0) is 0 Å². The van der Waals surface area contributed by atoms with E-state index in [1.807, 2.05) is 44.2 Å². The fourth-order valence-electron chi connectivity index (χ4n) is 1.83. The van der Waals surface area contributed by atoms with Crippen LogP contribution in [0.4, 0.5) is 5.69 Å². The van der Waals surface area contributed by atoms with Crippen molar-refractivity contribution in [3.63, 3.8) is 0 Å². The van der Waals surface area contributed by atoms with Gasteiger partial charge in [-0.05, 0) is 36.6 Å². The Balaban J connectivity index is 2.03. The van der Waals surface area contributed by atoms with Gasteiger partial charge in [-0.3, -0.25) is 0 Å². The van der Waals surface area contributed by atoms with Crippen molar-refractivity contribution in [1.82, 2.24) is 0 Å². The van der Waals surface area contributed by atoms with Gasteiger partial charge in [0.05, 0.1) is 5.60 Å². The molecule has 1 atom stereocenters. The summed E-state index contributed by atoms with van der Waals surface area (Å²) in [6.45, 7) is 4.40. The van der Waals surface area contributed by atoms with Crippen LogP contribution in [0.5, 0.6) is 0 Å². The predicted molar refractivity (Wildman–Crippen MR) is 81.3 cm³/mol. The molecule has 0 aliphatic rings. The summed E-state index contributed by atoms with van der Waals surface area (Å²) < 4.78 is 0. The lowest BCUT2D eigenvalue weighted by atomic mass is 10.0. The summed E-state index contributed by atoms with van der Waals surface area (Å²) in [5.74, 6) is 0. The van der Waals surface area contributed by atoms with E-state index < -0.39 is 5.60 Å². The molecular weight excluding hydrogens is 234 g/mol. The van der Waals surface area contributed by atoms with E-state index in [1.165, 1.54) is 11.1 Å². The zero-order chi connectivity index (χ0) is 13.7. The van der Waals surface area contributed by atoms with E-state index in [9.17, 15) is 5.11 Å². The third-order valence-corrected chi connectivity index (χ3v) is 3.43. The molecule has 0 heterocycles. The van der Waals surface area contributed by atoms with E-state index in [4.69, 9.17) is 0 Å². The zero-order valence-electron chi connectivity index (χ0n) is 11.6. The molecule has 0 saturated heterocycles. The van der Waals surface area contributed by atoms with Gasteiger partial charge >= 0.3 is 0 Å². The molecule has 1 unspecified atom stereocenters. The smallest absolute Gasteiger partial charge is 0.0788 e. The van der Waals surface area contributed by atoms with Crippen molar-refractivity contribution < 1.29 is 5.11 Å². The van der Waals surface area contributed by atoms with Gasteiger partial charge in [0.15, 0.2) is 0 Å². The molecule has 2 heteroatoms. The molecule has 0 fully saturated rings. The van der Waals surface area contributed by atoms with Crippen molar-refractivity contribution in [3.8, 4) is 11.1 Å². The first-order chi connectivity index (χ1) is 9.11. The molecule has 100 valence electrons. The highest BCUT2D eigenvalue weighted by atomic mass is 16.3. The number of aliphatic hydroxyl groups is 1. The van der Waals surface area contributed by atoms with Crippen LogP contribution in [0.1, 0.15) is 20.3 Å². The van der Waals surface area contributed by atoms with Gasteiger partial charge in [-0.1, -0.05) is 49.4 Å². The standard InChI is InChI=1S/C17H21NO/c1-3-17(2,19)13-18-16-11-9-15(10-12-16)14-7-5-4-6-8-14/h4-12,18-19H,3,13H2,1-2H3. The second-order valence-corrected chi connectivity index (χ2v) is 5.15. The molecular formula is C17H21NO. The average molecular weight is 255 g/mol. The molecule has 0 saturated carbocycles. The minimum absolute atomic E-state index is 0.564. The van der Waals surface area contributed by atoms with Crippen molar-refractivity contribution in [1.29, 1.82) is 0 Å². The quantitative estimate of drug-likeness (QED) is 0.848. The van der Waals surface area contributed by atoms with Crippen LogP contribution in [-0.4, -0.2) is 17.3 Å². The first-order valence-electron chi connectivity index (χ1n) is 6.72. The van der Waals surface area contributed by atoms with E-state index >= 15 is 0 Å². The number of nitrogens with one attached hydrogen (secondary N) is 1. The number of hydrogen-bond donors (Lipinski definition) is 2. The van der Waals surface area contributed by atoms with Gasteiger partial charge in [-0.2, -0.15) is 0 Å². The SMILES string of the molecule is CCC(C)(O)CNc1ccc(-c2ccccc2)cc1. The second kappa shape index (κ2) is 5.89. The van der Waals surface area contributed by atoms with Crippen LogP contribution < -0.4 is 5.32 Å². The Bertz CT molecular complexity index is 503. The largest absolute Gasteiger partial charge is 0.388 e. The normalized spacial score (nSPS) is 13.8. The molecule has 0 aromatic heterocycles. The Morgan fingerprint density at radius 1 is 0.947 bits per heavy atom. The highest BCUT2D eigenvalue weighted by Gasteiger charge is 2.16. The molecule has 0 aliphatic carbocycles. The van der Waals surface area contributed by atoms with E-state index in [0.29, 0.717) is 6.54 Å². The maximum atomic E-state index is 9.95. The van der Waals surface area contributed by atoms with Crippen molar-refractivity contribution in [3.05, 3.63) is 54.6 Å². The summed E-state index contributed by atoms with van der Waals surface area (Å²) >= 11 is 0. The maximum Gasteiger partial charge on any atom is 0.0788 e. The monoisotopic (exact) mass is 255 g/mol. The number of benzene rings is 2. The van der Waals surface area contributed by atoms with Gasteiger partial charge < -0.3 is 10.4 Å². The molecule has 0 aliphatic heterocycles. The maximum absolute atomic E-state index is 9.95. The zero-order valence-corrected chi connectivity index (χ0v) is 11.6. The summed E-state index contributed by atoms with van der Waals surface area (Å²) in [5, 5.41) is 13.2. The summed E-state index contributed by atoms with van der Waals surface area (Å²) in [6, 6.07) is 18.6. The van der Waals surface area contributed by atoms with Crippen LogP contribution in [0.25, 0.3) is 11.1 Å². The Hall–Kier alpha value is -1.80. The predicted octanol–water partition coefficient (Wildman–Crippen LogP) is 3.93. The van der Waals surface area contributed by atoms with Crippen molar-refractivity contribution >= 4 is 5.69 Å². The molecule has 2 nitrogen and oxygen atoms in total. The van der Waals surface area contributed by atoms with E-state index in [2.05, 4.69) is 29.6 Å². The summed E-state index contributed by atoms with van der Waals surface area (Å²) in [4.78, 5) is 0. The van der Waals surface area contributed by atoms with Crippen molar-refractivity contribution in [2.75, 3.05) is 11.9 Å². The van der Waals surface area contributed by atoms with Crippen LogP contribution in [0.15, 0.2) is 54.6 Å². The summed E-state index contributed by atoms with van der Waals surface area (Å²) in [5.41, 5.74) is 2.80. The Morgan fingerprint density at radius 2 is 1.53 bits per heavy atom. The van der Waals surface area contributed by atoms with Gasteiger partial charge in [0.25, 0.3) is 0 Å². The van der Waals surface area contributed by atoms with E-state index in [-0.39, 0.29) is 0 Å². The van der Waals surface area contributed by atoms with Crippen LogP contribution in [0.2, 0.25) is 0 Å². The lowest BCUT2D eigenvalue weighted by Gasteiger charge is -2.22. The lowest BCUT2D eigenvalue weighted by molar-refractivity contribution is 0.0697. The minimum Gasteiger partial charge on any atom is -0.388 e. The highest BCUT2D eigenvalue weighted by molar-refractivity contribution is 5.65. The van der Waals surface area contributed by atoms with Crippen LogP contribution >= 0.6 is 0 Å². The third kappa shape index (κ3) is 3.83. The van der Waals surface area contributed by atoms with Crippen molar-refractivity contribution in [2.45, 2.75) is 25.9 Å². The lowest BCUT2D eigenvalue weighted by Crippen LogP contribution is -2.32. The molecule has 2 aromatic rings. The van der Waals surface area contributed by atoms with Gasteiger partial charge in [0.1, 0.15) is 0 Å². The molecule has 0 radical (unpaired) electrons. The molecule has 2 aromatic carbocycles. The number of anilines is 1. The molecule has 0 spiro atoms. The molecule has 0 bridgehead atoms. The first kappa shape index (κ1) is 13.6.